The monoisotopic (exact) mass is 277 g/mol. The van der Waals surface area contributed by atoms with Crippen LogP contribution in [0.1, 0.15) is 21.5 Å². The van der Waals surface area contributed by atoms with Gasteiger partial charge in [-0.15, -0.1) is 0 Å². The predicted octanol–water partition coefficient (Wildman–Crippen LogP) is 3.72. The lowest BCUT2D eigenvalue weighted by Crippen LogP contribution is -2.24. The molecule has 0 bridgehead atoms. The standard InChI is InChI=1S/C15H13ClFNO/c1-10-4-2-5-11(8-10)9-18-15(19)14-12(16)6-3-7-13(14)17/h2-8H,9H2,1H3,(H,18,19). The molecule has 2 nitrogen and oxygen atoms in total. The minimum atomic E-state index is -0.616. The molecule has 1 N–H and O–H groups in total. The second-order valence-corrected chi connectivity index (χ2v) is 4.68. The number of aryl methyl sites for hydroxylation is 1. The number of nitrogens with one attached hydrogen (secondary N) is 1. The van der Waals surface area contributed by atoms with Crippen LogP contribution in [0.5, 0.6) is 0 Å². The summed E-state index contributed by atoms with van der Waals surface area (Å²) >= 11 is 5.83. The Bertz CT molecular complexity index is 593. The van der Waals surface area contributed by atoms with Gasteiger partial charge < -0.3 is 5.32 Å². The quantitative estimate of drug-likeness (QED) is 0.910. The van der Waals surface area contributed by atoms with E-state index < -0.39 is 11.7 Å². The summed E-state index contributed by atoms with van der Waals surface area (Å²) in [7, 11) is 0. The SMILES string of the molecule is Cc1cccc(CNC(=O)c2c(F)cccc2Cl)c1. The fourth-order valence-corrected chi connectivity index (χ4v) is 2.06. The minimum absolute atomic E-state index is 0.113. The highest BCUT2D eigenvalue weighted by atomic mass is 35.5. The number of hydrogen-bond acceptors (Lipinski definition) is 1. The molecule has 19 heavy (non-hydrogen) atoms. The first-order valence-corrected chi connectivity index (χ1v) is 6.23. The van der Waals surface area contributed by atoms with E-state index in [9.17, 15) is 9.18 Å². The Morgan fingerprint density at radius 2 is 2.00 bits per heavy atom. The largest absolute Gasteiger partial charge is 0.348 e. The molecule has 0 aliphatic carbocycles. The molecule has 0 radical (unpaired) electrons. The first-order valence-electron chi connectivity index (χ1n) is 5.85. The van der Waals surface area contributed by atoms with Crippen LogP contribution in [0, 0.1) is 12.7 Å². The highest BCUT2D eigenvalue weighted by Gasteiger charge is 2.15. The zero-order valence-electron chi connectivity index (χ0n) is 10.4. The van der Waals surface area contributed by atoms with E-state index in [4.69, 9.17) is 11.6 Å². The summed E-state index contributed by atoms with van der Waals surface area (Å²) in [6.45, 7) is 2.31. The molecule has 0 heterocycles. The zero-order chi connectivity index (χ0) is 13.8. The molecule has 2 rings (SSSR count). The molecule has 4 heteroatoms. The summed E-state index contributed by atoms with van der Waals surface area (Å²) in [5, 5.41) is 2.77. The molecular formula is C15H13ClFNO. The van der Waals surface area contributed by atoms with Crippen LogP contribution in [0.2, 0.25) is 5.02 Å². The van der Waals surface area contributed by atoms with Gasteiger partial charge in [0.25, 0.3) is 5.91 Å². The fraction of sp³-hybridized carbons (Fsp3) is 0.133. The average molecular weight is 278 g/mol. The second-order valence-electron chi connectivity index (χ2n) is 4.27. The zero-order valence-corrected chi connectivity index (χ0v) is 11.2. The van der Waals surface area contributed by atoms with Crippen LogP contribution in [-0.2, 0) is 6.54 Å². The van der Waals surface area contributed by atoms with Crippen LogP contribution in [0.3, 0.4) is 0 Å². The van der Waals surface area contributed by atoms with Crippen LogP contribution >= 0.6 is 11.6 Å². The molecular weight excluding hydrogens is 265 g/mol. The lowest BCUT2D eigenvalue weighted by atomic mass is 10.1. The van der Waals surface area contributed by atoms with Crippen LogP contribution in [0.25, 0.3) is 0 Å². The van der Waals surface area contributed by atoms with Gasteiger partial charge in [-0.1, -0.05) is 47.5 Å². The van der Waals surface area contributed by atoms with Crippen molar-refractivity contribution in [2.75, 3.05) is 0 Å². The van der Waals surface area contributed by atoms with Crippen LogP contribution in [-0.4, -0.2) is 5.91 Å². The van der Waals surface area contributed by atoms with Gasteiger partial charge >= 0.3 is 0 Å². The number of carbonyl (C=O) groups excluding carboxylic acids is 1. The van der Waals surface area contributed by atoms with Gasteiger partial charge in [-0.25, -0.2) is 4.39 Å². The minimum Gasteiger partial charge on any atom is -0.348 e. The van der Waals surface area contributed by atoms with E-state index in [2.05, 4.69) is 5.32 Å². The van der Waals surface area contributed by atoms with E-state index in [1.807, 2.05) is 31.2 Å². The smallest absolute Gasteiger partial charge is 0.256 e. The lowest BCUT2D eigenvalue weighted by Gasteiger charge is -2.08. The third kappa shape index (κ3) is 3.32. The molecule has 0 aliphatic rings. The topological polar surface area (TPSA) is 29.1 Å². The molecule has 0 aromatic heterocycles. The number of amides is 1. The lowest BCUT2D eigenvalue weighted by molar-refractivity contribution is 0.0947. The Hall–Kier alpha value is -1.87. The number of rotatable bonds is 3. The van der Waals surface area contributed by atoms with Crippen molar-refractivity contribution in [3.63, 3.8) is 0 Å². The average Bonchev–Trinajstić information content (AvgIpc) is 2.36. The first kappa shape index (κ1) is 13.6. The molecule has 2 aromatic rings. The van der Waals surface area contributed by atoms with Crippen molar-refractivity contribution in [2.45, 2.75) is 13.5 Å². The van der Waals surface area contributed by atoms with Crippen molar-refractivity contribution in [3.8, 4) is 0 Å². The highest BCUT2D eigenvalue weighted by molar-refractivity contribution is 6.33. The molecule has 0 unspecified atom stereocenters. The van der Waals surface area contributed by atoms with Crippen molar-refractivity contribution >= 4 is 17.5 Å². The van der Waals surface area contributed by atoms with E-state index in [-0.39, 0.29) is 10.6 Å². The molecule has 0 fully saturated rings. The van der Waals surface area contributed by atoms with E-state index in [1.54, 1.807) is 0 Å². The Morgan fingerprint density at radius 1 is 1.26 bits per heavy atom. The summed E-state index contributed by atoms with van der Waals surface area (Å²) in [6.07, 6.45) is 0. The Balaban J connectivity index is 2.10. The first-order chi connectivity index (χ1) is 9.08. The van der Waals surface area contributed by atoms with E-state index in [0.717, 1.165) is 11.1 Å². The molecule has 98 valence electrons. The van der Waals surface area contributed by atoms with E-state index in [1.165, 1.54) is 18.2 Å². The van der Waals surface area contributed by atoms with Crippen molar-refractivity contribution < 1.29 is 9.18 Å². The molecule has 0 saturated carbocycles. The Morgan fingerprint density at radius 3 is 2.68 bits per heavy atom. The van der Waals surface area contributed by atoms with Crippen LogP contribution in [0.4, 0.5) is 4.39 Å². The summed E-state index contributed by atoms with van der Waals surface area (Å²) in [5.74, 6) is -1.13. The summed E-state index contributed by atoms with van der Waals surface area (Å²) in [5.41, 5.74) is 1.95. The molecule has 0 spiro atoms. The van der Waals surface area contributed by atoms with Gasteiger partial charge in [0.05, 0.1) is 10.6 Å². The second kappa shape index (κ2) is 5.85. The number of carbonyl (C=O) groups is 1. The Labute approximate surface area is 116 Å². The van der Waals surface area contributed by atoms with Crippen molar-refractivity contribution in [1.82, 2.24) is 5.32 Å². The maximum absolute atomic E-state index is 13.5. The normalized spacial score (nSPS) is 10.3. The Kier molecular flexibility index (Phi) is 4.17. The van der Waals surface area contributed by atoms with Gasteiger partial charge in [0, 0.05) is 6.54 Å². The molecule has 1 amide bonds. The van der Waals surface area contributed by atoms with Crippen molar-refractivity contribution in [2.24, 2.45) is 0 Å². The third-order valence-electron chi connectivity index (χ3n) is 2.73. The van der Waals surface area contributed by atoms with Gasteiger partial charge in [0.15, 0.2) is 0 Å². The predicted molar refractivity (Wildman–Crippen MR) is 73.8 cm³/mol. The van der Waals surface area contributed by atoms with Gasteiger partial charge in [-0.3, -0.25) is 4.79 Å². The summed E-state index contributed by atoms with van der Waals surface area (Å²) in [6, 6.07) is 11.9. The van der Waals surface area contributed by atoms with E-state index in [0.29, 0.717) is 6.54 Å². The van der Waals surface area contributed by atoms with Gasteiger partial charge in [0.2, 0.25) is 0 Å². The maximum Gasteiger partial charge on any atom is 0.256 e. The number of benzene rings is 2. The molecule has 0 atom stereocenters. The van der Waals surface area contributed by atoms with E-state index >= 15 is 0 Å². The fourth-order valence-electron chi connectivity index (χ4n) is 1.81. The third-order valence-corrected chi connectivity index (χ3v) is 3.04. The number of halogens is 2. The maximum atomic E-state index is 13.5. The van der Waals surface area contributed by atoms with Crippen LogP contribution in [0.15, 0.2) is 42.5 Å². The molecule has 2 aromatic carbocycles. The van der Waals surface area contributed by atoms with Gasteiger partial charge in [-0.2, -0.15) is 0 Å². The molecule has 0 saturated heterocycles. The highest BCUT2D eigenvalue weighted by Crippen LogP contribution is 2.18. The summed E-state index contributed by atoms with van der Waals surface area (Å²) < 4.78 is 13.5. The van der Waals surface area contributed by atoms with Crippen molar-refractivity contribution in [1.29, 1.82) is 0 Å². The van der Waals surface area contributed by atoms with Gasteiger partial charge in [0.1, 0.15) is 5.82 Å². The number of hydrogen-bond donors (Lipinski definition) is 1. The van der Waals surface area contributed by atoms with Crippen LogP contribution < -0.4 is 5.32 Å². The molecule has 0 aliphatic heterocycles. The van der Waals surface area contributed by atoms with Crippen molar-refractivity contribution in [3.05, 3.63) is 70.0 Å². The van der Waals surface area contributed by atoms with Gasteiger partial charge in [-0.05, 0) is 24.6 Å². The summed E-state index contributed by atoms with van der Waals surface area (Å²) in [4.78, 5) is 11.9.